The average Bonchev–Trinajstić information content (AvgIpc) is 3.26. The molecule has 0 heterocycles. The number of carbonyl (C=O) groups excluding carboxylic acids is 1. The van der Waals surface area contributed by atoms with Crippen LogP contribution in [0.3, 0.4) is 0 Å². The predicted octanol–water partition coefficient (Wildman–Crippen LogP) is 4.36. The molecule has 1 aliphatic rings. The molecule has 1 fully saturated rings. The maximum absolute atomic E-state index is 11.7. The number of halogens is 1. The molecule has 0 spiro atoms. The molecule has 0 bridgehead atoms. The van der Waals surface area contributed by atoms with Crippen molar-refractivity contribution < 1.29 is 4.79 Å². The summed E-state index contributed by atoms with van der Waals surface area (Å²) in [5, 5.41) is 3.46. The summed E-state index contributed by atoms with van der Waals surface area (Å²) in [6.07, 6.45) is 1.98. The summed E-state index contributed by atoms with van der Waals surface area (Å²) in [6.45, 7) is 0. The Hall–Kier alpha value is -1.80. The number of amides is 1. The van der Waals surface area contributed by atoms with Crippen molar-refractivity contribution in [2.24, 2.45) is 5.92 Å². The first-order chi connectivity index (χ1) is 9.24. The van der Waals surface area contributed by atoms with E-state index in [2.05, 4.69) is 5.32 Å². The van der Waals surface area contributed by atoms with E-state index in [1.165, 1.54) is 0 Å². The third-order valence-electron chi connectivity index (χ3n) is 3.28. The summed E-state index contributed by atoms with van der Waals surface area (Å²) >= 11 is 6.23. The molecule has 0 atom stereocenters. The van der Waals surface area contributed by atoms with Crippen molar-refractivity contribution in [2.75, 3.05) is 5.32 Å². The Bertz CT molecular complexity index is 605. The van der Waals surface area contributed by atoms with Crippen LogP contribution in [-0.4, -0.2) is 5.91 Å². The molecule has 0 saturated heterocycles. The summed E-state index contributed by atoms with van der Waals surface area (Å²) < 4.78 is 0. The average molecular weight is 272 g/mol. The second kappa shape index (κ2) is 5.06. The van der Waals surface area contributed by atoms with Gasteiger partial charge in [-0.2, -0.15) is 0 Å². The maximum atomic E-state index is 11.7. The number of benzene rings is 2. The van der Waals surface area contributed by atoms with Gasteiger partial charge in [-0.15, -0.1) is 0 Å². The van der Waals surface area contributed by atoms with Gasteiger partial charge in [-0.25, -0.2) is 0 Å². The van der Waals surface area contributed by atoms with Crippen LogP contribution in [0.2, 0.25) is 5.02 Å². The van der Waals surface area contributed by atoms with E-state index in [1.54, 1.807) is 0 Å². The molecular weight excluding hydrogens is 258 g/mol. The quantitative estimate of drug-likeness (QED) is 0.883. The Morgan fingerprint density at radius 1 is 1.05 bits per heavy atom. The highest BCUT2D eigenvalue weighted by Gasteiger charge is 2.29. The van der Waals surface area contributed by atoms with Gasteiger partial charge in [0.1, 0.15) is 0 Å². The fraction of sp³-hybridized carbons (Fsp3) is 0.188. The van der Waals surface area contributed by atoms with Crippen LogP contribution >= 0.6 is 11.6 Å². The van der Waals surface area contributed by atoms with Crippen LogP contribution in [0, 0.1) is 5.92 Å². The van der Waals surface area contributed by atoms with Gasteiger partial charge in [0.15, 0.2) is 0 Å². The zero-order chi connectivity index (χ0) is 13.2. The van der Waals surface area contributed by atoms with Crippen LogP contribution < -0.4 is 5.32 Å². The van der Waals surface area contributed by atoms with Crippen LogP contribution in [0.4, 0.5) is 5.69 Å². The van der Waals surface area contributed by atoms with Crippen LogP contribution in [0.5, 0.6) is 0 Å². The van der Waals surface area contributed by atoms with E-state index in [9.17, 15) is 4.79 Å². The molecule has 3 rings (SSSR count). The monoisotopic (exact) mass is 271 g/mol. The molecule has 2 nitrogen and oxygen atoms in total. The van der Waals surface area contributed by atoms with Crippen LogP contribution in [0.25, 0.3) is 11.1 Å². The third kappa shape index (κ3) is 2.79. The zero-order valence-corrected chi connectivity index (χ0v) is 11.2. The summed E-state index contributed by atoms with van der Waals surface area (Å²) in [7, 11) is 0. The van der Waals surface area contributed by atoms with Gasteiger partial charge in [-0.3, -0.25) is 4.79 Å². The van der Waals surface area contributed by atoms with Gasteiger partial charge in [0.2, 0.25) is 5.91 Å². The molecule has 96 valence electrons. The lowest BCUT2D eigenvalue weighted by molar-refractivity contribution is -0.117. The van der Waals surface area contributed by atoms with E-state index in [0.717, 1.165) is 24.0 Å². The minimum absolute atomic E-state index is 0.0781. The van der Waals surface area contributed by atoms with Crippen molar-refractivity contribution in [3.05, 3.63) is 53.6 Å². The highest BCUT2D eigenvalue weighted by molar-refractivity contribution is 6.34. The van der Waals surface area contributed by atoms with Gasteiger partial charge in [-0.05, 0) is 36.1 Å². The lowest BCUT2D eigenvalue weighted by Crippen LogP contribution is -2.13. The lowest BCUT2D eigenvalue weighted by atomic mass is 10.1. The van der Waals surface area contributed by atoms with Crippen molar-refractivity contribution >= 4 is 23.2 Å². The Morgan fingerprint density at radius 3 is 2.42 bits per heavy atom. The molecule has 0 aromatic heterocycles. The molecule has 3 heteroatoms. The van der Waals surface area contributed by atoms with Crippen molar-refractivity contribution in [1.29, 1.82) is 0 Å². The van der Waals surface area contributed by atoms with Gasteiger partial charge >= 0.3 is 0 Å². The van der Waals surface area contributed by atoms with Gasteiger partial charge in [0.05, 0.1) is 10.7 Å². The second-order valence-corrected chi connectivity index (χ2v) is 5.23. The summed E-state index contributed by atoms with van der Waals surface area (Å²) in [5.74, 6) is 0.263. The van der Waals surface area contributed by atoms with E-state index >= 15 is 0 Å². The number of anilines is 1. The molecule has 1 amide bonds. The number of nitrogens with one attached hydrogen (secondary N) is 1. The van der Waals surface area contributed by atoms with Gasteiger partial charge in [0.25, 0.3) is 0 Å². The molecule has 19 heavy (non-hydrogen) atoms. The first-order valence-corrected chi connectivity index (χ1v) is 6.77. The standard InChI is InChI=1S/C16H14ClNO/c17-14-10-13(11-4-2-1-3-5-11)8-9-15(14)18-16(19)12-6-7-12/h1-5,8-10,12H,6-7H2,(H,18,19). The normalized spacial score (nSPS) is 14.2. The van der Waals surface area contributed by atoms with Crippen LogP contribution in [-0.2, 0) is 4.79 Å². The summed E-state index contributed by atoms with van der Waals surface area (Å²) in [6, 6.07) is 15.8. The maximum Gasteiger partial charge on any atom is 0.227 e. The largest absolute Gasteiger partial charge is 0.325 e. The highest BCUT2D eigenvalue weighted by Crippen LogP contribution is 2.33. The van der Waals surface area contributed by atoms with Gasteiger partial charge < -0.3 is 5.32 Å². The van der Waals surface area contributed by atoms with Crippen LogP contribution in [0.1, 0.15) is 12.8 Å². The zero-order valence-electron chi connectivity index (χ0n) is 10.4. The third-order valence-corrected chi connectivity index (χ3v) is 3.59. The van der Waals surface area contributed by atoms with E-state index < -0.39 is 0 Å². The number of hydrogen-bond acceptors (Lipinski definition) is 1. The van der Waals surface area contributed by atoms with Gasteiger partial charge in [0, 0.05) is 5.92 Å². The number of rotatable bonds is 3. The second-order valence-electron chi connectivity index (χ2n) is 4.82. The first-order valence-electron chi connectivity index (χ1n) is 6.40. The van der Waals surface area contributed by atoms with Crippen LogP contribution in [0.15, 0.2) is 48.5 Å². The Labute approximate surface area is 117 Å². The SMILES string of the molecule is O=C(Nc1ccc(-c2ccccc2)cc1Cl)C1CC1. The fourth-order valence-corrected chi connectivity index (χ4v) is 2.23. The Kier molecular flexibility index (Phi) is 3.26. The van der Waals surface area contributed by atoms with Gasteiger partial charge in [-0.1, -0.05) is 48.0 Å². The minimum atomic E-state index is 0.0781. The molecule has 2 aromatic rings. The first kappa shape index (κ1) is 12.2. The van der Waals surface area contributed by atoms with Crippen molar-refractivity contribution in [2.45, 2.75) is 12.8 Å². The predicted molar refractivity (Wildman–Crippen MR) is 78.2 cm³/mol. The minimum Gasteiger partial charge on any atom is -0.325 e. The van der Waals surface area contributed by atoms with Crippen molar-refractivity contribution in [3.63, 3.8) is 0 Å². The number of hydrogen-bond donors (Lipinski definition) is 1. The Balaban J connectivity index is 1.83. The molecule has 0 unspecified atom stereocenters. The van der Waals surface area contributed by atoms with E-state index in [1.807, 2.05) is 48.5 Å². The molecule has 2 aromatic carbocycles. The molecule has 1 saturated carbocycles. The van der Waals surface area contributed by atoms with E-state index in [4.69, 9.17) is 11.6 Å². The summed E-state index contributed by atoms with van der Waals surface area (Å²) in [5.41, 5.74) is 2.86. The topological polar surface area (TPSA) is 29.1 Å². The molecular formula is C16H14ClNO. The Morgan fingerprint density at radius 2 is 1.79 bits per heavy atom. The highest BCUT2D eigenvalue weighted by atomic mass is 35.5. The molecule has 1 aliphatic carbocycles. The van der Waals surface area contributed by atoms with Crippen molar-refractivity contribution in [3.8, 4) is 11.1 Å². The van der Waals surface area contributed by atoms with E-state index in [-0.39, 0.29) is 11.8 Å². The molecule has 1 N–H and O–H groups in total. The lowest BCUT2D eigenvalue weighted by Gasteiger charge is -2.09. The molecule has 0 aliphatic heterocycles. The smallest absolute Gasteiger partial charge is 0.227 e. The summed E-state index contributed by atoms with van der Waals surface area (Å²) in [4.78, 5) is 11.7. The molecule has 0 radical (unpaired) electrons. The number of carbonyl (C=O) groups is 1. The van der Waals surface area contributed by atoms with Crippen molar-refractivity contribution in [1.82, 2.24) is 0 Å². The fourth-order valence-electron chi connectivity index (χ4n) is 2.01. The van der Waals surface area contributed by atoms with E-state index in [0.29, 0.717) is 10.7 Å².